The summed E-state index contributed by atoms with van der Waals surface area (Å²) in [6, 6.07) is 5.53. The van der Waals surface area contributed by atoms with E-state index in [2.05, 4.69) is 42.5 Å². The van der Waals surface area contributed by atoms with Crippen LogP contribution in [0.4, 0.5) is 0 Å². The molecule has 1 aromatic carbocycles. The van der Waals surface area contributed by atoms with Gasteiger partial charge < -0.3 is 15.1 Å². The van der Waals surface area contributed by atoms with Crippen LogP contribution in [-0.2, 0) is 0 Å². The van der Waals surface area contributed by atoms with Crippen molar-refractivity contribution in [3.05, 3.63) is 32.9 Å². The van der Waals surface area contributed by atoms with E-state index >= 15 is 0 Å². The first-order valence-corrected chi connectivity index (χ1v) is 7.02. The Labute approximate surface area is 121 Å². The van der Waals surface area contributed by atoms with Crippen LogP contribution in [0.25, 0.3) is 11.0 Å². The van der Waals surface area contributed by atoms with Gasteiger partial charge in [0.25, 0.3) is 5.91 Å². The van der Waals surface area contributed by atoms with Crippen LogP contribution < -0.4 is 10.6 Å². The predicted molar refractivity (Wildman–Crippen MR) is 77.9 cm³/mol. The van der Waals surface area contributed by atoms with Gasteiger partial charge in [0, 0.05) is 22.9 Å². The molecule has 0 radical (unpaired) electrons. The second-order valence-corrected chi connectivity index (χ2v) is 5.55. The minimum atomic E-state index is -0.204. The molecule has 1 heterocycles. The van der Waals surface area contributed by atoms with Crippen LogP contribution in [0.5, 0.6) is 0 Å². The minimum absolute atomic E-state index is 0.204. The number of amides is 1. The molecular weight excluding hydrogens is 364 g/mol. The molecule has 4 nitrogen and oxygen atoms in total. The molecule has 1 amide bonds. The summed E-state index contributed by atoms with van der Waals surface area (Å²) in [4.78, 5) is 11.8. The zero-order valence-corrected chi connectivity index (χ0v) is 12.9. The molecule has 96 valence electrons. The van der Waals surface area contributed by atoms with Crippen molar-refractivity contribution in [3.63, 3.8) is 0 Å². The van der Waals surface area contributed by atoms with Gasteiger partial charge in [-0.3, -0.25) is 4.79 Å². The molecule has 0 unspecified atom stereocenters. The van der Waals surface area contributed by atoms with E-state index in [0.29, 0.717) is 17.9 Å². The van der Waals surface area contributed by atoms with Gasteiger partial charge in [-0.25, -0.2) is 0 Å². The lowest BCUT2D eigenvalue weighted by Gasteiger charge is -2.01. The van der Waals surface area contributed by atoms with Crippen LogP contribution in [0.2, 0.25) is 0 Å². The lowest BCUT2D eigenvalue weighted by molar-refractivity contribution is 0.0928. The van der Waals surface area contributed by atoms with Gasteiger partial charge in [0.05, 0.1) is 4.47 Å². The molecule has 0 aliphatic rings. The summed E-state index contributed by atoms with van der Waals surface area (Å²) in [6.45, 7) is 1.29. The largest absolute Gasteiger partial charge is 0.450 e. The molecule has 0 atom stereocenters. The molecule has 6 heteroatoms. The fourth-order valence-corrected chi connectivity index (χ4v) is 2.92. The summed E-state index contributed by atoms with van der Waals surface area (Å²) < 4.78 is 7.30. The highest BCUT2D eigenvalue weighted by atomic mass is 79.9. The van der Waals surface area contributed by atoms with E-state index < -0.39 is 0 Å². The first kappa shape index (κ1) is 13.6. The average molecular weight is 376 g/mol. The van der Waals surface area contributed by atoms with Crippen LogP contribution >= 0.6 is 31.9 Å². The van der Waals surface area contributed by atoms with Crippen LogP contribution in [0, 0.1) is 0 Å². The summed E-state index contributed by atoms with van der Waals surface area (Å²) in [6.07, 6.45) is 0. The van der Waals surface area contributed by atoms with Crippen molar-refractivity contribution in [2.75, 3.05) is 20.1 Å². The number of rotatable bonds is 4. The second kappa shape index (κ2) is 5.86. The van der Waals surface area contributed by atoms with Gasteiger partial charge in [0.2, 0.25) is 0 Å². The van der Waals surface area contributed by atoms with Crippen molar-refractivity contribution in [1.82, 2.24) is 10.6 Å². The van der Waals surface area contributed by atoms with Gasteiger partial charge in [-0.2, -0.15) is 0 Å². The first-order valence-electron chi connectivity index (χ1n) is 5.43. The lowest BCUT2D eigenvalue weighted by atomic mass is 10.2. The van der Waals surface area contributed by atoms with Crippen LogP contribution in [0.15, 0.2) is 31.6 Å². The van der Waals surface area contributed by atoms with Gasteiger partial charge in [0.15, 0.2) is 5.76 Å². The van der Waals surface area contributed by atoms with Crippen molar-refractivity contribution in [2.24, 2.45) is 0 Å². The summed E-state index contributed by atoms with van der Waals surface area (Å²) in [5, 5.41) is 6.62. The van der Waals surface area contributed by atoms with Crippen molar-refractivity contribution in [2.45, 2.75) is 0 Å². The van der Waals surface area contributed by atoms with Crippen molar-refractivity contribution < 1.29 is 9.21 Å². The zero-order chi connectivity index (χ0) is 13.1. The molecule has 2 aromatic rings. The molecular formula is C12H12Br2N2O2. The summed E-state index contributed by atoms with van der Waals surface area (Å²) in [5.74, 6) is 0.115. The lowest BCUT2D eigenvalue weighted by Crippen LogP contribution is -2.30. The van der Waals surface area contributed by atoms with Crippen molar-refractivity contribution >= 4 is 48.7 Å². The number of nitrogens with one attached hydrogen (secondary N) is 2. The molecule has 2 rings (SSSR count). The number of carbonyl (C=O) groups is 1. The van der Waals surface area contributed by atoms with E-state index in [-0.39, 0.29) is 5.91 Å². The number of likely N-dealkylation sites (N-methyl/N-ethyl adjacent to an activating group) is 1. The van der Waals surface area contributed by atoms with E-state index in [1.54, 1.807) is 6.07 Å². The SMILES string of the molecule is CNCCNC(=O)c1cc2cc(Br)cc(Br)c2o1. The van der Waals surface area contributed by atoms with E-state index in [1.807, 2.05) is 19.2 Å². The minimum Gasteiger partial charge on any atom is -0.450 e. The van der Waals surface area contributed by atoms with Gasteiger partial charge in [-0.15, -0.1) is 0 Å². The number of carbonyl (C=O) groups excluding carboxylic acids is 1. The topological polar surface area (TPSA) is 54.3 Å². The number of fused-ring (bicyclic) bond motifs is 1. The maximum absolute atomic E-state index is 11.8. The third kappa shape index (κ3) is 2.93. The van der Waals surface area contributed by atoms with Gasteiger partial charge in [-0.05, 0) is 41.2 Å². The second-order valence-electron chi connectivity index (χ2n) is 3.78. The van der Waals surface area contributed by atoms with Gasteiger partial charge >= 0.3 is 0 Å². The number of halogens is 2. The highest BCUT2D eigenvalue weighted by molar-refractivity contribution is 9.11. The third-order valence-corrected chi connectivity index (χ3v) is 3.47. The first-order chi connectivity index (χ1) is 8.61. The van der Waals surface area contributed by atoms with Crippen LogP contribution in [0.1, 0.15) is 10.6 Å². The molecule has 0 saturated heterocycles. The van der Waals surface area contributed by atoms with Crippen molar-refractivity contribution in [3.8, 4) is 0 Å². The Morgan fingerprint density at radius 1 is 1.28 bits per heavy atom. The van der Waals surface area contributed by atoms with E-state index in [4.69, 9.17) is 4.42 Å². The Hall–Kier alpha value is -0.850. The summed E-state index contributed by atoms with van der Waals surface area (Å²) in [5.41, 5.74) is 0.678. The highest BCUT2D eigenvalue weighted by Gasteiger charge is 2.13. The molecule has 0 aliphatic heterocycles. The fraction of sp³-hybridized carbons (Fsp3) is 0.250. The Bertz CT molecular complexity index is 581. The molecule has 0 spiro atoms. The Morgan fingerprint density at radius 2 is 2.06 bits per heavy atom. The van der Waals surface area contributed by atoms with Crippen LogP contribution in [-0.4, -0.2) is 26.0 Å². The summed E-state index contributed by atoms with van der Waals surface area (Å²) >= 11 is 6.81. The van der Waals surface area contributed by atoms with Crippen molar-refractivity contribution in [1.29, 1.82) is 0 Å². The molecule has 2 N–H and O–H groups in total. The standard InChI is InChI=1S/C12H12Br2N2O2/c1-15-2-3-16-12(17)10-5-7-4-8(13)6-9(14)11(7)18-10/h4-6,15H,2-3H2,1H3,(H,16,17). The maximum Gasteiger partial charge on any atom is 0.287 e. The monoisotopic (exact) mass is 374 g/mol. The predicted octanol–water partition coefficient (Wildman–Crippen LogP) is 2.91. The van der Waals surface area contributed by atoms with E-state index in [9.17, 15) is 4.79 Å². The Balaban J connectivity index is 2.24. The summed E-state index contributed by atoms with van der Waals surface area (Å²) in [7, 11) is 1.84. The molecule has 1 aromatic heterocycles. The van der Waals surface area contributed by atoms with Gasteiger partial charge in [-0.1, -0.05) is 15.9 Å². The van der Waals surface area contributed by atoms with E-state index in [1.165, 1.54) is 0 Å². The normalized spacial score (nSPS) is 10.8. The van der Waals surface area contributed by atoms with E-state index in [0.717, 1.165) is 20.9 Å². The average Bonchev–Trinajstić information content (AvgIpc) is 2.73. The molecule has 0 fully saturated rings. The highest BCUT2D eigenvalue weighted by Crippen LogP contribution is 2.30. The molecule has 0 aliphatic carbocycles. The molecule has 18 heavy (non-hydrogen) atoms. The zero-order valence-electron chi connectivity index (χ0n) is 9.72. The number of hydrogen-bond acceptors (Lipinski definition) is 3. The number of furan rings is 1. The van der Waals surface area contributed by atoms with Gasteiger partial charge in [0.1, 0.15) is 5.58 Å². The number of hydrogen-bond donors (Lipinski definition) is 2. The Morgan fingerprint density at radius 3 is 2.78 bits per heavy atom. The van der Waals surface area contributed by atoms with Crippen LogP contribution in [0.3, 0.4) is 0 Å². The number of benzene rings is 1. The fourth-order valence-electron chi connectivity index (χ4n) is 1.58. The molecule has 0 bridgehead atoms. The Kier molecular flexibility index (Phi) is 4.42. The quantitative estimate of drug-likeness (QED) is 0.808. The smallest absolute Gasteiger partial charge is 0.287 e. The maximum atomic E-state index is 11.8. The third-order valence-electron chi connectivity index (χ3n) is 2.42. The molecule has 0 saturated carbocycles.